The Balaban J connectivity index is -0.000000727. The predicted molar refractivity (Wildman–Crippen MR) is 172 cm³/mol. The molecule has 0 saturated heterocycles. The summed E-state index contributed by atoms with van der Waals surface area (Å²) in [7, 11) is -8.98. The molecule has 0 amide bonds. The van der Waals surface area contributed by atoms with Crippen LogP contribution in [0.25, 0.3) is 0 Å². The second kappa shape index (κ2) is 36.8. The zero-order valence-electron chi connectivity index (χ0n) is 28.0. The largest absolute Gasteiger partial charge is 2.00 e. The van der Waals surface area contributed by atoms with E-state index in [0.717, 1.165) is 25.7 Å². The van der Waals surface area contributed by atoms with Gasteiger partial charge in [-0.1, -0.05) is 181 Å². The molecule has 0 unspecified atom stereocenters. The Bertz CT molecular complexity index is 672. The van der Waals surface area contributed by atoms with Crippen molar-refractivity contribution < 1.29 is 53.8 Å². The van der Waals surface area contributed by atoms with E-state index in [1.165, 1.54) is 141 Å². The van der Waals surface area contributed by atoms with E-state index in [4.69, 9.17) is 0 Å². The van der Waals surface area contributed by atoms with Gasteiger partial charge in [0.15, 0.2) is 0 Å². The smallest absolute Gasteiger partial charge is 0.726 e. The SMILES string of the molecule is CCCCCCCCCCCCCCCCOS(=O)(=O)[O-].CCCCCCCCCCCCCCCCOS(=O)(=O)[O-].[Zn+2]. The third-order valence-electron chi connectivity index (χ3n) is 7.45. The van der Waals surface area contributed by atoms with E-state index in [-0.39, 0.29) is 32.7 Å². The molecule has 0 rings (SSSR count). The molecule has 0 saturated carbocycles. The molecule has 0 spiro atoms. The fourth-order valence-corrected chi connectivity index (χ4v) is 5.56. The minimum Gasteiger partial charge on any atom is -0.726 e. The molecule has 0 bridgehead atoms. The molecular weight excluding hydrogens is 642 g/mol. The standard InChI is InChI=1S/2C16H34O4S.Zn/c2*1-2-3-4-5-6-7-8-9-10-11-12-13-14-15-16-20-21(17,18)19;/h2*2-16H2,1H3,(H,17,18,19);/q;;+2/p-2. The molecule has 43 heavy (non-hydrogen) atoms. The van der Waals surface area contributed by atoms with Gasteiger partial charge in [-0.15, -0.1) is 0 Å². The maximum atomic E-state index is 10.2. The van der Waals surface area contributed by atoms with Crippen molar-refractivity contribution in [2.24, 2.45) is 0 Å². The monoisotopic (exact) mass is 706 g/mol. The van der Waals surface area contributed by atoms with Crippen molar-refractivity contribution in [2.45, 2.75) is 194 Å². The van der Waals surface area contributed by atoms with E-state index in [0.29, 0.717) is 12.8 Å². The van der Waals surface area contributed by atoms with Crippen LogP contribution < -0.4 is 0 Å². The van der Waals surface area contributed by atoms with E-state index in [1.54, 1.807) is 0 Å². The summed E-state index contributed by atoms with van der Waals surface area (Å²) in [6.45, 7) is 4.56. The van der Waals surface area contributed by atoms with Crippen LogP contribution in [0.5, 0.6) is 0 Å². The van der Waals surface area contributed by atoms with Crippen LogP contribution in [0, 0.1) is 0 Å². The molecule has 0 aromatic heterocycles. The van der Waals surface area contributed by atoms with E-state index in [1.807, 2.05) is 0 Å². The molecule has 0 aromatic rings. The van der Waals surface area contributed by atoms with Gasteiger partial charge in [-0.3, -0.25) is 8.37 Å². The van der Waals surface area contributed by atoms with Gasteiger partial charge in [0, 0.05) is 0 Å². The van der Waals surface area contributed by atoms with Gasteiger partial charge in [-0.05, 0) is 12.8 Å². The summed E-state index contributed by atoms with van der Waals surface area (Å²) in [6, 6.07) is 0. The summed E-state index contributed by atoms with van der Waals surface area (Å²) in [4.78, 5) is 0. The van der Waals surface area contributed by atoms with Crippen LogP contribution in [0.1, 0.15) is 194 Å². The Morgan fingerprint density at radius 3 is 0.674 bits per heavy atom. The molecule has 256 valence electrons. The van der Waals surface area contributed by atoms with Gasteiger partial charge in [0.05, 0.1) is 13.2 Å². The van der Waals surface area contributed by atoms with Gasteiger partial charge >= 0.3 is 19.5 Å². The molecule has 0 atom stereocenters. The van der Waals surface area contributed by atoms with Crippen molar-refractivity contribution in [3.63, 3.8) is 0 Å². The maximum absolute atomic E-state index is 10.2. The number of hydrogen-bond donors (Lipinski definition) is 0. The molecule has 11 heteroatoms. The zero-order chi connectivity index (χ0) is 31.6. The first-order valence-electron chi connectivity index (χ1n) is 17.3. The van der Waals surface area contributed by atoms with E-state index in [2.05, 4.69) is 22.2 Å². The molecule has 0 radical (unpaired) electrons. The number of rotatable bonds is 32. The third kappa shape index (κ3) is 52.2. The summed E-state index contributed by atoms with van der Waals surface area (Å²) in [5, 5.41) is 0. The normalized spacial score (nSPS) is 11.6. The van der Waals surface area contributed by atoms with Gasteiger partial charge in [0.2, 0.25) is 20.8 Å². The van der Waals surface area contributed by atoms with E-state index in [9.17, 15) is 25.9 Å². The van der Waals surface area contributed by atoms with Crippen molar-refractivity contribution in [3.8, 4) is 0 Å². The zero-order valence-corrected chi connectivity index (χ0v) is 32.6. The van der Waals surface area contributed by atoms with Gasteiger partial charge in [0.25, 0.3) is 0 Å². The molecular formula is C32H66O8S2Zn. The van der Waals surface area contributed by atoms with Gasteiger partial charge < -0.3 is 9.11 Å². The molecule has 0 aliphatic rings. The summed E-state index contributed by atoms with van der Waals surface area (Å²) in [6.07, 6.45) is 34.8. The van der Waals surface area contributed by atoms with E-state index >= 15 is 0 Å². The Morgan fingerprint density at radius 2 is 0.512 bits per heavy atom. The fraction of sp³-hybridized carbons (Fsp3) is 1.00. The van der Waals surface area contributed by atoms with Crippen molar-refractivity contribution >= 4 is 20.8 Å². The third-order valence-corrected chi connectivity index (χ3v) is 8.36. The Morgan fingerprint density at radius 1 is 0.349 bits per heavy atom. The van der Waals surface area contributed by atoms with Crippen molar-refractivity contribution in [1.82, 2.24) is 0 Å². The topological polar surface area (TPSA) is 133 Å². The van der Waals surface area contributed by atoms with Crippen LogP contribution in [0.4, 0.5) is 0 Å². The molecule has 0 aromatic carbocycles. The van der Waals surface area contributed by atoms with Crippen LogP contribution in [0.2, 0.25) is 0 Å². The molecule has 8 nitrogen and oxygen atoms in total. The Kier molecular flexibility index (Phi) is 40.9. The Hall–Kier alpha value is 0.363. The molecule has 0 N–H and O–H groups in total. The number of hydrogen-bond acceptors (Lipinski definition) is 8. The van der Waals surface area contributed by atoms with Gasteiger partial charge in [-0.2, -0.15) is 0 Å². The molecule has 0 heterocycles. The minimum atomic E-state index is -4.49. The summed E-state index contributed by atoms with van der Waals surface area (Å²) < 4.78 is 69.4. The average molecular weight is 708 g/mol. The van der Waals surface area contributed by atoms with Crippen molar-refractivity contribution in [3.05, 3.63) is 0 Å². The van der Waals surface area contributed by atoms with Crippen LogP contribution in [-0.2, 0) is 48.6 Å². The minimum absolute atomic E-state index is 0. The second-order valence-corrected chi connectivity index (χ2v) is 13.8. The van der Waals surface area contributed by atoms with Crippen LogP contribution in [0.3, 0.4) is 0 Å². The van der Waals surface area contributed by atoms with Gasteiger partial charge in [0.1, 0.15) is 0 Å². The predicted octanol–water partition coefficient (Wildman–Crippen LogP) is 9.89. The first kappa shape index (κ1) is 47.8. The van der Waals surface area contributed by atoms with Crippen molar-refractivity contribution in [1.29, 1.82) is 0 Å². The van der Waals surface area contributed by atoms with E-state index < -0.39 is 20.8 Å². The van der Waals surface area contributed by atoms with Crippen LogP contribution in [-0.4, -0.2) is 39.2 Å². The maximum Gasteiger partial charge on any atom is 2.00 e. The number of unbranched alkanes of at least 4 members (excludes halogenated alkanes) is 26. The van der Waals surface area contributed by atoms with Crippen LogP contribution in [0.15, 0.2) is 0 Å². The van der Waals surface area contributed by atoms with Crippen LogP contribution >= 0.6 is 0 Å². The summed E-state index contributed by atoms with van der Waals surface area (Å²) in [5.74, 6) is 0. The molecule has 0 aliphatic heterocycles. The fourth-order valence-electron chi connectivity index (χ4n) is 4.92. The average Bonchev–Trinajstić information content (AvgIpc) is 2.92. The first-order valence-corrected chi connectivity index (χ1v) is 20.0. The second-order valence-electron chi connectivity index (χ2n) is 11.7. The summed E-state index contributed by atoms with van der Waals surface area (Å²) >= 11 is 0. The quantitative estimate of drug-likeness (QED) is 0.0292. The van der Waals surface area contributed by atoms with Gasteiger partial charge in [-0.25, -0.2) is 16.8 Å². The van der Waals surface area contributed by atoms with Crippen molar-refractivity contribution in [2.75, 3.05) is 13.2 Å². The Labute approximate surface area is 280 Å². The molecule has 0 aliphatic carbocycles. The molecule has 0 fully saturated rings. The summed E-state index contributed by atoms with van der Waals surface area (Å²) in [5.41, 5.74) is 0. The first-order chi connectivity index (χ1) is 20.1.